The van der Waals surface area contributed by atoms with E-state index in [0.29, 0.717) is 6.61 Å². The third kappa shape index (κ3) is 2.52. The molecule has 0 unspecified atom stereocenters. The Balaban J connectivity index is 1.70. The van der Waals surface area contributed by atoms with Crippen LogP contribution in [0.15, 0.2) is 36.5 Å². The molecule has 3 heterocycles. The molecule has 0 spiro atoms. The standard InChI is InChI=1S/C19H19N3O2/c1-12-5-7-22-17(9-12)21-13(2)18(22)19(23)20-11-14-3-4-16-15(10-14)6-8-24-16/h3-5,7,9-10H,6,8,11H2,1-2H3,(H,20,23)/i1D3,5D,7D,9D. The summed E-state index contributed by atoms with van der Waals surface area (Å²) in [6, 6.07) is 4.59. The monoisotopic (exact) mass is 327 g/mol. The molecule has 3 aromatic rings. The van der Waals surface area contributed by atoms with Gasteiger partial charge in [-0.1, -0.05) is 12.1 Å². The summed E-state index contributed by atoms with van der Waals surface area (Å²) < 4.78 is 53.8. The highest BCUT2D eigenvalue weighted by atomic mass is 16.5. The predicted octanol–water partition coefficient (Wildman–Crippen LogP) is 2.82. The van der Waals surface area contributed by atoms with Gasteiger partial charge in [-0.2, -0.15) is 0 Å². The highest BCUT2D eigenvalue weighted by Gasteiger charge is 2.17. The van der Waals surface area contributed by atoms with Crippen molar-refractivity contribution in [3.05, 3.63) is 64.5 Å². The minimum Gasteiger partial charge on any atom is -0.493 e. The third-order valence-electron chi connectivity index (χ3n) is 4.00. The topological polar surface area (TPSA) is 55.6 Å². The lowest BCUT2D eigenvalue weighted by Crippen LogP contribution is -2.25. The second-order valence-electron chi connectivity index (χ2n) is 5.66. The third-order valence-corrected chi connectivity index (χ3v) is 4.00. The summed E-state index contributed by atoms with van der Waals surface area (Å²) in [4.78, 5) is 17.0. The van der Waals surface area contributed by atoms with E-state index in [2.05, 4.69) is 10.3 Å². The molecule has 2 aromatic heterocycles. The molecule has 4 rings (SSSR count). The fraction of sp³-hybridized carbons (Fsp3) is 0.263. The van der Waals surface area contributed by atoms with Crippen molar-refractivity contribution in [2.45, 2.75) is 26.7 Å². The molecule has 5 nitrogen and oxygen atoms in total. The SMILES string of the molecule is [2H]c1c(C([2H])([2H])[2H])c([2H])c2nc(C)c(C(=O)NCc3ccc4c(c3)CCO4)n2c1[2H]. The first-order chi connectivity index (χ1) is 14.1. The molecule has 0 bridgehead atoms. The van der Waals surface area contributed by atoms with Crippen LogP contribution in [0.5, 0.6) is 5.75 Å². The van der Waals surface area contributed by atoms with Crippen LogP contribution in [0.1, 0.15) is 41.1 Å². The van der Waals surface area contributed by atoms with Gasteiger partial charge in [-0.3, -0.25) is 9.20 Å². The Hall–Kier alpha value is -2.82. The molecular weight excluding hydrogens is 302 g/mol. The molecule has 1 aliphatic rings. The number of nitrogens with one attached hydrogen (secondary N) is 1. The minimum absolute atomic E-state index is 0.0126. The van der Waals surface area contributed by atoms with E-state index in [1.54, 1.807) is 6.92 Å². The summed E-state index contributed by atoms with van der Waals surface area (Å²) in [6.07, 6.45) is 0.323. The summed E-state index contributed by atoms with van der Waals surface area (Å²) in [5.41, 5.74) is 1.56. The smallest absolute Gasteiger partial charge is 0.270 e. The van der Waals surface area contributed by atoms with Crippen LogP contribution in [0.25, 0.3) is 5.65 Å². The first-order valence-corrected chi connectivity index (χ1v) is 7.61. The average molecular weight is 327 g/mol. The zero-order valence-electron chi connectivity index (χ0n) is 19.1. The molecular formula is C19H19N3O2. The van der Waals surface area contributed by atoms with Crippen molar-refractivity contribution in [2.75, 3.05) is 6.61 Å². The number of hydrogen-bond donors (Lipinski definition) is 1. The van der Waals surface area contributed by atoms with Gasteiger partial charge in [0, 0.05) is 23.3 Å². The Bertz CT molecular complexity index is 1190. The van der Waals surface area contributed by atoms with Crippen LogP contribution < -0.4 is 10.1 Å². The summed E-state index contributed by atoms with van der Waals surface area (Å²) in [5.74, 6) is 0.322. The zero-order chi connectivity index (χ0) is 21.8. The number of carbonyl (C=O) groups is 1. The molecule has 0 atom stereocenters. The normalized spacial score (nSPS) is 17.0. The van der Waals surface area contributed by atoms with Crippen LogP contribution >= 0.6 is 0 Å². The highest BCUT2D eigenvalue weighted by molar-refractivity contribution is 5.94. The van der Waals surface area contributed by atoms with Crippen LogP contribution in [0.2, 0.25) is 0 Å². The Labute approximate surface area is 148 Å². The second-order valence-corrected chi connectivity index (χ2v) is 5.66. The number of aryl methyl sites for hydroxylation is 1. The molecule has 0 aliphatic carbocycles. The minimum atomic E-state index is -2.73. The van der Waals surface area contributed by atoms with Gasteiger partial charge < -0.3 is 10.1 Å². The second kappa shape index (κ2) is 5.67. The van der Waals surface area contributed by atoms with Crippen molar-refractivity contribution in [2.24, 2.45) is 0 Å². The summed E-state index contributed by atoms with van der Waals surface area (Å²) in [5, 5.41) is 2.78. The highest BCUT2D eigenvalue weighted by Crippen LogP contribution is 2.25. The predicted molar refractivity (Wildman–Crippen MR) is 91.5 cm³/mol. The molecule has 24 heavy (non-hydrogen) atoms. The van der Waals surface area contributed by atoms with Gasteiger partial charge in [-0.05, 0) is 48.6 Å². The summed E-state index contributed by atoms with van der Waals surface area (Å²) in [7, 11) is 0. The lowest BCUT2D eigenvalue weighted by atomic mass is 10.1. The van der Waals surface area contributed by atoms with Crippen molar-refractivity contribution >= 4 is 11.6 Å². The molecule has 0 saturated heterocycles. The van der Waals surface area contributed by atoms with E-state index < -0.39 is 36.6 Å². The van der Waals surface area contributed by atoms with Crippen molar-refractivity contribution in [3.63, 3.8) is 0 Å². The molecule has 0 radical (unpaired) electrons. The maximum atomic E-state index is 12.9. The van der Waals surface area contributed by atoms with E-state index >= 15 is 0 Å². The molecule has 1 aromatic carbocycles. The van der Waals surface area contributed by atoms with Gasteiger partial charge in [0.1, 0.15) is 17.1 Å². The lowest BCUT2D eigenvalue weighted by molar-refractivity contribution is 0.0944. The van der Waals surface area contributed by atoms with Crippen molar-refractivity contribution < 1.29 is 17.8 Å². The van der Waals surface area contributed by atoms with Crippen molar-refractivity contribution in [1.82, 2.24) is 14.7 Å². The van der Waals surface area contributed by atoms with Gasteiger partial charge in [0.05, 0.1) is 16.4 Å². The fourth-order valence-corrected chi connectivity index (χ4v) is 2.86. The summed E-state index contributed by atoms with van der Waals surface area (Å²) >= 11 is 0. The van der Waals surface area contributed by atoms with E-state index in [1.165, 1.54) is 0 Å². The van der Waals surface area contributed by atoms with Crippen LogP contribution in [-0.2, 0) is 13.0 Å². The molecule has 0 saturated carbocycles. The van der Waals surface area contributed by atoms with Gasteiger partial charge in [0.25, 0.3) is 5.91 Å². The molecule has 1 amide bonds. The number of rotatable bonds is 3. The first-order valence-electron chi connectivity index (χ1n) is 10.6. The molecule has 1 aliphatic heterocycles. The van der Waals surface area contributed by atoms with E-state index in [4.69, 9.17) is 13.0 Å². The summed E-state index contributed by atoms with van der Waals surface area (Å²) in [6.45, 7) is -0.306. The molecule has 5 heteroatoms. The number of benzene rings is 1. The first kappa shape index (κ1) is 9.47. The number of aromatic nitrogens is 2. The van der Waals surface area contributed by atoms with Gasteiger partial charge in [-0.25, -0.2) is 4.98 Å². The number of hydrogen-bond acceptors (Lipinski definition) is 3. The van der Waals surface area contributed by atoms with E-state index in [1.807, 2.05) is 18.2 Å². The molecule has 0 fully saturated rings. The lowest BCUT2D eigenvalue weighted by Gasteiger charge is -2.08. The zero-order valence-corrected chi connectivity index (χ0v) is 13.1. The Kier molecular flexibility index (Phi) is 2.24. The maximum absolute atomic E-state index is 12.9. The van der Waals surface area contributed by atoms with Crippen molar-refractivity contribution in [1.29, 1.82) is 0 Å². The number of fused-ring (bicyclic) bond motifs is 2. The van der Waals surface area contributed by atoms with Crippen LogP contribution in [-0.4, -0.2) is 21.9 Å². The number of amides is 1. The van der Waals surface area contributed by atoms with Gasteiger partial charge >= 0.3 is 0 Å². The van der Waals surface area contributed by atoms with E-state index in [0.717, 1.165) is 27.7 Å². The Morgan fingerprint density at radius 3 is 3.33 bits per heavy atom. The van der Waals surface area contributed by atoms with E-state index in [-0.39, 0.29) is 23.6 Å². The average Bonchev–Trinajstić information content (AvgIpc) is 3.27. The van der Waals surface area contributed by atoms with Crippen molar-refractivity contribution in [3.8, 4) is 5.75 Å². The largest absolute Gasteiger partial charge is 0.493 e. The van der Waals surface area contributed by atoms with Crippen LogP contribution in [0.4, 0.5) is 0 Å². The van der Waals surface area contributed by atoms with Gasteiger partial charge in [0.15, 0.2) is 0 Å². The molecule has 122 valence electrons. The van der Waals surface area contributed by atoms with Gasteiger partial charge in [0.2, 0.25) is 0 Å². The number of pyridine rings is 1. The maximum Gasteiger partial charge on any atom is 0.270 e. The Morgan fingerprint density at radius 1 is 1.54 bits per heavy atom. The fourth-order valence-electron chi connectivity index (χ4n) is 2.86. The number of imidazole rings is 1. The number of carbonyl (C=O) groups excluding carboxylic acids is 1. The molecule has 1 N–H and O–H groups in total. The van der Waals surface area contributed by atoms with Gasteiger partial charge in [-0.15, -0.1) is 0 Å². The quantitative estimate of drug-likeness (QED) is 0.805. The number of ether oxygens (including phenoxy) is 1. The Morgan fingerprint density at radius 2 is 2.46 bits per heavy atom. The van der Waals surface area contributed by atoms with E-state index in [9.17, 15) is 4.79 Å². The van der Waals surface area contributed by atoms with Crippen LogP contribution in [0, 0.1) is 13.8 Å². The number of nitrogens with zero attached hydrogens (tertiary/aromatic N) is 2. The van der Waals surface area contributed by atoms with Crippen LogP contribution in [0.3, 0.4) is 0 Å².